The van der Waals surface area contributed by atoms with Gasteiger partial charge in [-0.15, -0.1) is 0 Å². The van der Waals surface area contributed by atoms with Crippen LogP contribution in [0.5, 0.6) is 0 Å². The fourth-order valence-electron chi connectivity index (χ4n) is 0.476. The third kappa shape index (κ3) is 1.46. The second-order valence-corrected chi connectivity index (χ2v) is 2.70. The van der Waals surface area contributed by atoms with E-state index in [4.69, 9.17) is 21.6 Å². The average Bonchev–Trinajstić information content (AvgIpc) is 2.13. The molecule has 0 atom stereocenters. The first-order chi connectivity index (χ1) is 4.22. The zero-order valence-corrected chi connectivity index (χ0v) is 5.99. The molecule has 1 aromatic rings. The van der Waals surface area contributed by atoms with Crippen molar-refractivity contribution in [2.45, 2.75) is 0 Å². The molecule has 0 bridgehead atoms. The van der Waals surface area contributed by atoms with E-state index >= 15 is 0 Å². The van der Waals surface area contributed by atoms with Gasteiger partial charge in [0.05, 0.1) is 5.02 Å². The molecular formula is C4H4BClO2S. The highest BCUT2D eigenvalue weighted by atomic mass is 35.5. The summed E-state index contributed by atoms with van der Waals surface area (Å²) in [5, 5.41) is 20.8. The fourth-order valence-corrected chi connectivity index (χ4v) is 1.57. The molecule has 48 valence electrons. The predicted molar refractivity (Wildman–Crippen MR) is 39.2 cm³/mol. The Hall–Kier alpha value is -0.0251. The SMILES string of the molecule is OB(O)c1cscc1Cl. The molecule has 0 saturated heterocycles. The summed E-state index contributed by atoms with van der Waals surface area (Å²) in [7, 11) is -1.44. The van der Waals surface area contributed by atoms with Gasteiger partial charge in [0, 0.05) is 10.8 Å². The molecule has 1 rings (SSSR count). The summed E-state index contributed by atoms with van der Waals surface area (Å²) < 4.78 is 0. The molecule has 0 aliphatic heterocycles. The minimum absolute atomic E-state index is 0.377. The van der Waals surface area contributed by atoms with Crippen LogP contribution in [0.2, 0.25) is 5.02 Å². The Labute approximate surface area is 61.9 Å². The molecule has 0 spiro atoms. The second kappa shape index (κ2) is 2.71. The van der Waals surface area contributed by atoms with Crippen molar-refractivity contribution in [3.05, 3.63) is 15.8 Å². The lowest BCUT2D eigenvalue weighted by Crippen LogP contribution is -2.28. The highest BCUT2D eigenvalue weighted by molar-refractivity contribution is 7.09. The largest absolute Gasteiger partial charge is 0.490 e. The summed E-state index contributed by atoms with van der Waals surface area (Å²) >= 11 is 6.87. The van der Waals surface area contributed by atoms with Gasteiger partial charge < -0.3 is 10.0 Å². The Kier molecular flexibility index (Phi) is 2.13. The molecule has 5 heteroatoms. The van der Waals surface area contributed by atoms with Crippen LogP contribution in [0.15, 0.2) is 10.8 Å². The molecule has 0 aliphatic rings. The Morgan fingerprint density at radius 2 is 2.11 bits per heavy atom. The van der Waals surface area contributed by atoms with E-state index in [1.807, 2.05) is 0 Å². The van der Waals surface area contributed by atoms with Crippen molar-refractivity contribution < 1.29 is 10.0 Å². The maximum Gasteiger partial charge on any atom is 0.490 e. The van der Waals surface area contributed by atoms with E-state index in [1.54, 1.807) is 10.8 Å². The summed E-state index contributed by atoms with van der Waals surface area (Å²) in [6.45, 7) is 0. The van der Waals surface area contributed by atoms with Gasteiger partial charge in [-0.05, 0) is 5.38 Å². The number of thiophene rings is 1. The first-order valence-corrected chi connectivity index (χ1v) is 3.61. The van der Waals surface area contributed by atoms with Crippen molar-refractivity contribution in [2.24, 2.45) is 0 Å². The molecule has 2 N–H and O–H groups in total. The maximum atomic E-state index is 8.57. The van der Waals surface area contributed by atoms with Gasteiger partial charge >= 0.3 is 7.12 Å². The van der Waals surface area contributed by atoms with E-state index in [1.165, 1.54) is 11.3 Å². The van der Waals surface area contributed by atoms with Gasteiger partial charge in [0.1, 0.15) is 0 Å². The van der Waals surface area contributed by atoms with Crippen molar-refractivity contribution >= 4 is 35.5 Å². The lowest BCUT2D eigenvalue weighted by atomic mass is 9.83. The monoisotopic (exact) mass is 162 g/mol. The molecule has 0 amide bonds. The second-order valence-electron chi connectivity index (χ2n) is 1.55. The standard InChI is InChI=1S/C4H4BClO2S/c6-4-2-9-1-3(4)5(7)8/h1-2,7-8H. The zero-order chi connectivity index (χ0) is 6.85. The summed E-state index contributed by atoms with van der Waals surface area (Å²) in [6.07, 6.45) is 0. The quantitative estimate of drug-likeness (QED) is 0.574. The van der Waals surface area contributed by atoms with Crippen LogP contribution in [-0.2, 0) is 0 Å². The Balaban J connectivity index is 2.94. The van der Waals surface area contributed by atoms with Crippen LogP contribution < -0.4 is 5.46 Å². The molecule has 0 unspecified atom stereocenters. The smallest absolute Gasteiger partial charge is 0.423 e. The fraction of sp³-hybridized carbons (Fsp3) is 0. The predicted octanol–water partition coefficient (Wildman–Crippen LogP) is 0.0813. The van der Waals surface area contributed by atoms with Crippen molar-refractivity contribution in [1.82, 2.24) is 0 Å². The topological polar surface area (TPSA) is 40.5 Å². The first kappa shape index (κ1) is 7.09. The van der Waals surface area contributed by atoms with Crippen LogP contribution in [0.25, 0.3) is 0 Å². The van der Waals surface area contributed by atoms with E-state index in [-0.39, 0.29) is 0 Å². The average molecular weight is 162 g/mol. The summed E-state index contributed by atoms with van der Waals surface area (Å²) in [4.78, 5) is 0. The molecule has 9 heavy (non-hydrogen) atoms. The summed E-state index contributed by atoms with van der Waals surface area (Å²) in [5.74, 6) is 0. The number of halogens is 1. The Morgan fingerprint density at radius 1 is 1.44 bits per heavy atom. The zero-order valence-electron chi connectivity index (χ0n) is 4.41. The summed E-state index contributed by atoms with van der Waals surface area (Å²) in [6, 6.07) is 0. The van der Waals surface area contributed by atoms with Gasteiger partial charge in [-0.3, -0.25) is 0 Å². The van der Waals surface area contributed by atoms with Crippen molar-refractivity contribution in [3.63, 3.8) is 0 Å². The molecular weight excluding hydrogens is 158 g/mol. The third-order valence-corrected chi connectivity index (χ3v) is 2.14. The van der Waals surface area contributed by atoms with Gasteiger partial charge in [0.25, 0.3) is 0 Å². The Bertz CT molecular complexity index is 200. The molecule has 0 saturated carbocycles. The number of hydrogen-bond acceptors (Lipinski definition) is 3. The highest BCUT2D eigenvalue weighted by Crippen LogP contribution is 2.09. The van der Waals surface area contributed by atoms with E-state index in [0.717, 1.165) is 0 Å². The number of hydrogen-bond donors (Lipinski definition) is 2. The van der Waals surface area contributed by atoms with Gasteiger partial charge in [-0.2, -0.15) is 11.3 Å². The van der Waals surface area contributed by atoms with Crippen molar-refractivity contribution in [2.75, 3.05) is 0 Å². The van der Waals surface area contributed by atoms with Crippen molar-refractivity contribution in [3.8, 4) is 0 Å². The lowest BCUT2D eigenvalue weighted by Gasteiger charge is -1.91. The van der Waals surface area contributed by atoms with Crippen LogP contribution in [0, 0.1) is 0 Å². The minimum Gasteiger partial charge on any atom is -0.423 e. The van der Waals surface area contributed by atoms with Gasteiger partial charge in [-0.1, -0.05) is 11.6 Å². The van der Waals surface area contributed by atoms with Gasteiger partial charge in [-0.25, -0.2) is 0 Å². The van der Waals surface area contributed by atoms with E-state index < -0.39 is 7.12 Å². The molecule has 1 aromatic heterocycles. The lowest BCUT2D eigenvalue weighted by molar-refractivity contribution is 0.426. The van der Waals surface area contributed by atoms with E-state index in [2.05, 4.69) is 0 Å². The van der Waals surface area contributed by atoms with E-state index in [0.29, 0.717) is 10.5 Å². The molecule has 0 aliphatic carbocycles. The van der Waals surface area contributed by atoms with Crippen LogP contribution in [0.3, 0.4) is 0 Å². The molecule has 2 nitrogen and oxygen atoms in total. The third-order valence-electron chi connectivity index (χ3n) is 0.920. The maximum absolute atomic E-state index is 8.57. The normalized spacial score (nSPS) is 9.67. The van der Waals surface area contributed by atoms with E-state index in [9.17, 15) is 0 Å². The minimum atomic E-state index is -1.44. The molecule has 0 aromatic carbocycles. The molecule has 0 radical (unpaired) electrons. The summed E-state index contributed by atoms with van der Waals surface area (Å²) in [5.41, 5.74) is 0.377. The van der Waals surface area contributed by atoms with Crippen LogP contribution in [0.4, 0.5) is 0 Å². The van der Waals surface area contributed by atoms with Crippen molar-refractivity contribution in [1.29, 1.82) is 0 Å². The van der Waals surface area contributed by atoms with Crippen LogP contribution in [0.1, 0.15) is 0 Å². The number of rotatable bonds is 1. The molecule has 1 heterocycles. The first-order valence-electron chi connectivity index (χ1n) is 2.29. The molecule has 0 fully saturated rings. The van der Waals surface area contributed by atoms with Gasteiger partial charge in [0.2, 0.25) is 0 Å². The van der Waals surface area contributed by atoms with Crippen LogP contribution >= 0.6 is 22.9 Å². The van der Waals surface area contributed by atoms with Gasteiger partial charge in [0.15, 0.2) is 0 Å². The van der Waals surface area contributed by atoms with Crippen LogP contribution in [-0.4, -0.2) is 17.2 Å². The highest BCUT2D eigenvalue weighted by Gasteiger charge is 2.14. The Morgan fingerprint density at radius 3 is 2.33 bits per heavy atom.